The summed E-state index contributed by atoms with van der Waals surface area (Å²) in [4.78, 5) is 34.9. The molecule has 206 valence electrons. The van der Waals surface area contributed by atoms with Crippen LogP contribution in [-0.2, 0) is 11.2 Å². The number of fused-ring (bicyclic) bond motifs is 1. The van der Waals surface area contributed by atoms with E-state index in [-0.39, 0.29) is 21.5 Å². The molecule has 0 aliphatic rings. The second-order valence-corrected chi connectivity index (χ2v) is 10.9. The van der Waals surface area contributed by atoms with Gasteiger partial charge in [0, 0.05) is 23.7 Å². The normalized spacial score (nSPS) is 11.5. The third-order valence-corrected chi connectivity index (χ3v) is 6.70. The van der Waals surface area contributed by atoms with Crippen LogP contribution in [0.5, 0.6) is 0 Å². The van der Waals surface area contributed by atoms with Gasteiger partial charge in [-0.3, -0.25) is 10.1 Å². The Kier molecular flexibility index (Phi) is 9.17. The first-order valence-corrected chi connectivity index (χ1v) is 13.5. The number of nitrogens with one attached hydrogen (secondary N) is 2. The highest BCUT2D eigenvalue weighted by atomic mass is 35.5. The molecule has 4 rings (SSSR count). The fourth-order valence-electron chi connectivity index (χ4n) is 4.08. The summed E-state index contributed by atoms with van der Waals surface area (Å²) in [6, 6.07) is 10.3. The summed E-state index contributed by atoms with van der Waals surface area (Å²) >= 11 is 19.1. The zero-order valence-electron chi connectivity index (χ0n) is 22.0. The number of benzene rings is 2. The Morgan fingerprint density at radius 3 is 2.41 bits per heavy atom. The Labute approximate surface area is 241 Å². The van der Waals surface area contributed by atoms with Gasteiger partial charge in [-0.15, -0.1) is 0 Å². The van der Waals surface area contributed by atoms with Crippen molar-refractivity contribution in [3.8, 4) is 5.69 Å². The standard InChI is InChI=1S/C27H29Cl3N6O3/c1-15(2)23-22-25(36(34-23)24-19(29)13-17(28)14-20(24)30)32-21(33-26(22)37)12-16-6-8-18(9-7-16)31-27(38)39-11-5-10-35(3)4/h6-9,13-15H,5,10-12H2,1-4H3,(H,31,38)(H,32,33,37). The van der Waals surface area contributed by atoms with Crippen LogP contribution < -0.4 is 10.9 Å². The summed E-state index contributed by atoms with van der Waals surface area (Å²) in [7, 11) is 3.93. The number of aromatic amines is 1. The first-order chi connectivity index (χ1) is 18.5. The molecule has 0 radical (unpaired) electrons. The van der Waals surface area contributed by atoms with Crippen LogP contribution in [-0.4, -0.2) is 58.0 Å². The number of H-pyrrole nitrogens is 1. The molecular weight excluding hydrogens is 563 g/mol. The smallest absolute Gasteiger partial charge is 0.411 e. The maximum atomic E-state index is 13.2. The highest BCUT2D eigenvalue weighted by Crippen LogP contribution is 2.34. The van der Waals surface area contributed by atoms with E-state index in [2.05, 4.69) is 15.4 Å². The van der Waals surface area contributed by atoms with Crippen molar-refractivity contribution in [3.63, 3.8) is 0 Å². The molecule has 9 nitrogen and oxygen atoms in total. The van der Waals surface area contributed by atoms with Gasteiger partial charge in [0.2, 0.25) is 0 Å². The van der Waals surface area contributed by atoms with Crippen LogP contribution in [0.15, 0.2) is 41.2 Å². The van der Waals surface area contributed by atoms with Crippen molar-refractivity contribution >= 4 is 57.6 Å². The van der Waals surface area contributed by atoms with Crippen LogP contribution in [0.1, 0.15) is 43.3 Å². The number of halogens is 3. The average Bonchev–Trinajstić information content (AvgIpc) is 3.22. The van der Waals surface area contributed by atoms with E-state index in [1.165, 1.54) is 4.68 Å². The van der Waals surface area contributed by atoms with Crippen LogP contribution in [0.4, 0.5) is 10.5 Å². The van der Waals surface area contributed by atoms with Crippen molar-refractivity contribution in [2.45, 2.75) is 32.6 Å². The summed E-state index contributed by atoms with van der Waals surface area (Å²) in [6.45, 7) is 5.06. The predicted molar refractivity (Wildman–Crippen MR) is 156 cm³/mol. The predicted octanol–water partition coefficient (Wildman–Crippen LogP) is 6.28. The minimum absolute atomic E-state index is 0.0490. The molecule has 0 spiro atoms. The number of carbonyl (C=O) groups is 1. The van der Waals surface area contributed by atoms with E-state index in [9.17, 15) is 9.59 Å². The van der Waals surface area contributed by atoms with Crippen molar-refractivity contribution in [2.75, 3.05) is 32.6 Å². The zero-order chi connectivity index (χ0) is 28.3. The lowest BCUT2D eigenvalue weighted by Gasteiger charge is -2.10. The van der Waals surface area contributed by atoms with Gasteiger partial charge in [0.25, 0.3) is 5.56 Å². The lowest BCUT2D eigenvalue weighted by molar-refractivity contribution is 0.156. The minimum Gasteiger partial charge on any atom is -0.449 e. The molecule has 12 heteroatoms. The zero-order valence-corrected chi connectivity index (χ0v) is 24.3. The fraction of sp³-hybridized carbons (Fsp3) is 0.333. The van der Waals surface area contributed by atoms with Gasteiger partial charge < -0.3 is 14.6 Å². The topological polar surface area (TPSA) is 105 Å². The Balaban J connectivity index is 1.59. The van der Waals surface area contributed by atoms with Crippen molar-refractivity contribution < 1.29 is 9.53 Å². The number of anilines is 1. The number of carbonyl (C=O) groups excluding carboxylic acids is 1. The average molecular weight is 592 g/mol. The van der Waals surface area contributed by atoms with Crippen molar-refractivity contribution in [3.05, 3.63) is 78.9 Å². The fourth-order valence-corrected chi connectivity index (χ4v) is 5.05. The maximum Gasteiger partial charge on any atom is 0.411 e. The monoisotopic (exact) mass is 590 g/mol. The van der Waals surface area contributed by atoms with Gasteiger partial charge in [0.15, 0.2) is 5.65 Å². The molecule has 0 atom stereocenters. The van der Waals surface area contributed by atoms with E-state index in [1.807, 2.05) is 45.0 Å². The molecule has 39 heavy (non-hydrogen) atoms. The Bertz CT molecular complexity index is 1520. The summed E-state index contributed by atoms with van der Waals surface area (Å²) in [5.74, 6) is 0.387. The minimum atomic E-state index is -0.508. The van der Waals surface area contributed by atoms with Gasteiger partial charge >= 0.3 is 6.09 Å². The molecule has 0 saturated heterocycles. The van der Waals surface area contributed by atoms with Gasteiger partial charge in [0.1, 0.15) is 16.9 Å². The molecule has 0 unspecified atom stereocenters. The highest BCUT2D eigenvalue weighted by molar-refractivity contribution is 6.40. The molecule has 0 fully saturated rings. The summed E-state index contributed by atoms with van der Waals surface area (Å²) in [5.41, 5.74) is 2.49. The van der Waals surface area contributed by atoms with Gasteiger partial charge in [-0.25, -0.2) is 14.5 Å². The molecule has 2 aromatic heterocycles. The first kappa shape index (κ1) is 28.9. The number of amides is 1. The molecule has 2 heterocycles. The molecule has 0 aliphatic heterocycles. The van der Waals surface area contributed by atoms with Crippen LogP contribution in [0.25, 0.3) is 16.7 Å². The van der Waals surface area contributed by atoms with E-state index in [1.54, 1.807) is 24.3 Å². The van der Waals surface area contributed by atoms with E-state index in [0.29, 0.717) is 52.0 Å². The number of hydrogen-bond acceptors (Lipinski definition) is 6. The third kappa shape index (κ3) is 6.91. The summed E-state index contributed by atoms with van der Waals surface area (Å²) in [6.07, 6.45) is 0.583. The molecule has 0 aliphatic carbocycles. The second-order valence-electron chi connectivity index (χ2n) is 9.67. The lowest BCUT2D eigenvalue weighted by Crippen LogP contribution is -2.18. The number of nitrogens with zero attached hydrogens (tertiary/aromatic N) is 4. The molecule has 2 aromatic carbocycles. The highest BCUT2D eigenvalue weighted by Gasteiger charge is 2.23. The van der Waals surface area contributed by atoms with Crippen LogP contribution in [0, 0.1) is 0 Å². The quantitative estimate of drug-likeness (QED) is 0.222. The maximum absolute atomic E-state index is 13.2. The van der Waals surface area contributed by atoms with E-state index in [0.717, 1.165) is 18.5 Å². The number of aromatic nitrogens is 4. The van der Waals surface area contributed by atoms with Gasteiger partial charge in [-0.05, 0) is 56.3 Å². The number of hydrogen-bond donors (Lipinski definition) is 2. The summed E-state index contributed by atoms with van der Waals surface area (Å²) in [5, 5.41) is 8.71. The van der Waals surface area contributed by atoms with Gasteiger partial charge in [0.05, 0.1) is 22.3 Å². The molecular formula is C27H29Cl3N6O3. The molecule has 0 bridgehead atoms. The van der Waals surface area contributed by atoms with E-state index in [4.69, 9.17) is 44.5 Å². The van der Waals surface area contributed by atoms with E-state index >= 15 is 0 Å². The van der Waals surface area contributed by atoms with Crippen molar-refractivity contribution in [1.29, 1.82) is 0 Å². The van der Waals surface area contributed by atoms with Crippen molar-refractivity contribution in [1.82, 2.24) is 24.6 Å². The Hall–Kier alpha value is -3.11. The molecule has 2 N–H and O–H groups in total. The molecule has 1 amide bonds. The SMILES string of the molecule is CC(C)c1nn(-c2c(Cl)cc(Cl)cc2Cl)c2nc(Cc3ccc(NC(=O)OCCCN(C)C)cc3)[nH]c(=O)c12. The van der Waals surface area contributed by atoms with Crippen LogP contribution >= 0.6 is 34.8 Å². The van der Waals surface area contributed by atoms with Gasteiger partial charge in [-0.1, -0.05) is 60.8 Å². The number of rotatable bonds is 9. The molecule has 4 aromatic rings. The van der Waals surface area contributed by atoms with Crippen molar-refractivity contribution in [2.24, 2.45) is 0 Å². The lowest BCUT2D eigenvalue weighted by atomic mass is 10.1. The number of ether oxygens (including phenoxy) is 1. The van der Waals surface area contributed by atoms with Gasteiger partial charge in [-0.2, -0.15) is 5.10 Å². The summed E-state index contributed by atoms with van der Waals surface area (Å²) < 4.78 is 6.71. The third-order valence-electron chi connectivity index (χ3n) is 5.91. The van der Waals surface area contributed by atoms with E-state index < -0.39 is 6.09 Å². The van der Waals surface area contributed by atoms with Crippen LogP contribution in [0.2, 0.25) is 15.1 Å². The van der Waals surface area contributed by atoms with Crippen LogP contribution in [0.3, 0.4) is 0 Å². The molecule has 0 saturated carbocycles. The Morgan fingerprint density at radius 2 is 1.79 bits per heavy atom. The first-order valence-electron chi connectivity index (χ1n) is 12.4. The second kappa shape index (κ2) is 12.4. The largest absolute Gasteiger partial charge is 0.449 e. The Morgan fingerprint density at radius 1 is 1.13 bits per heavy atom.